The molecule has 1 N–H and O–H groups in total. The number of fused-ring (bicyclic) bond motifs is 1. The van der Waals surface area contributed by atoms with Crippen LogP contribution in [-0.2, 0) is 17.6 Å². The third kappa shape index (κ3) is 1.39. The molecule has 1 aliphatic rings. The number of aryl methyl sites for hydroxylation is 1. The van der Waals surface area contributed by atoms with Crippen molar-refractivity contribution in [3.63, 3.8) is 0 Å². The second-order valence-electron chi connectivity index (χ2n) is 3.55. The summed E-state index contributed by atoms with van der Waals surface area (Å²) in [7, 11) is 1.78. The average Bonchev–Trinajstić information content (AvgIpc) is 2.51. The SMILES string of the molecule is COCC1CCc2cc[nH]c2C1. The smallest absolute Gasteiger partial charge is 0.0494 e. The van der Waals surface area contributed by atoms with Crippen LogP contribution in [0.3, 0.4) is 0 Å². The minimum atomic E-state index is 0.723. The van der Waals surface area contributed by atoms with Gasteiger partial charge in [0.25, 0.3) is 0 Å². The molecule has 0 spiro atoms. The van der Waals surface area contributed by atoms with Crippen LogP contribution in [0, 0.1) is 5.92 Å². The maximum absolute atomic E-state index is 5.16. The molecule has 0 aliphatic heterocycles. The standard InChI is InChI=1S/C10H15NO/c1-12-7-8-2-3-9-4-5-11-10(9)6-8/h4-5,8,11H,2-3,6-7H2,1H3. The van der Waals surface area contributed by atoms with Gasteiger partial charge in [-0.05, 0) is 36.8 Å². The van der Waals surface area contributed by atoms with E-state index in [2.05, 4.69) is 11.1 Å². The minimum Gasteiger partial charge on any atom is -0.384 e. The molecule has 0 aromatic carbocycles. The lowest BCUT2D eigenvalue weighted by molar-refractivity contribution is 0.144. The molecule has 0 saturated carbocycles. The summed E-state index contributed by atoms with van der Waals surface area (Å²) in [5.74, 6) is 0.723. The van der Waals surface area contributed by atoms with E-state index < -0.39 is 0 Å². The molecular weight excluding hydrogens is 150 g/mol. The van der Waals surface area contributed by atoms with Gasteiger partial charge >= 0.3 is 0 Å². The molecule has 1 aliphatic carbocycles. The van der Waals surface area contributed by atoms with Gasteiger partial charge in [-0.2, -0.15) is 0 Å². The fraction of sp³-hybridized carbons (Fsp3) is 0.600. The third-order valence-electron chi connectivity index (χ3n) is 2.65. The van der Waals surface area contributed by atoms with E-state index in [-0.39, 0.29) is 0 Å². The van der Waals surface area contributed by atoms with E-state index in [0.717, 1.165) is 18.9 Å². The van der Waals surface area contributed by atoms with Crippen LogP contribution < -0.4 is 0 Å². The maximum atomic E-state index is 5.16. The number of ether oxygens (including phenoxy) is 1. The lowest BCUT2D eigenvalue weighted by Gasteiger charge is -2.20. The summed E-state index contributed by atoms with van der Waals surface area (Å²) in [6.45, 7) is 0.901. The Morgan fingerprint density at radius 3 is 3.42 bits per heavy atom. The van der Waals surface area contributed by atoms with E-state index in [1.807, 2.05) is 6.20 Å². The highest BCUT2D eigenvalue weighted by Gasteiger charge is 2.18. The van der Waals surface area contributed by atoms with Gasteiger partial charge in [-0.15, -0.1) is 0 Å². The highest BCUT2D eigenvalue weighted by molar-refractivity contribution is 5.23. The summed E-state index contributed by atoms with van der Waals surface area (Å²) in [4.78, 5) is 3.29. The molecule has 0 bridgehead atoms. The van der Waals surface area contributed by atoms with Crippen LogP contribution in [0.5, 0.6) is 0 Å². The van der Waals surface area contributed by atoms with Crippen molar-refractivity contribution in [1.29, 1.82) is 0 Å². The molecule has 0 amide bonds. The molecule has 2 heteroatoms. The van der Waals surface area contributed by atoms with Crippen LogP contribution in [-0.4, -0.2) is 18.7 Å². The fourth-order valence-electron chi connectivity index (χ4n) is 1.99. The number of rotatable bonds is 2. The largest absolute Gasteiger partial charge is 0.384 e. The number of aromatic amines is 1. The summed E-state index contributed by atoms with van der Waals surface area (Å²) in [6.07, 6.45) is 5.70. The normalized spacial score (nSPS) is 22.2. The van der Waals surface area contributed by atoms with E-state index in [9.17, 15) is 0 Å². The van der Waals surface area contributed by atoms with Crippen molar-refractivity contribution in [3.05, 3.63) is 23.5 Å². The van der Waals surface area contributed by atoms with Gasteiger partial charge in [0.05, 0.1) is 0 Å². The molecule has 0 fully saturated rings. The Labute approximate surface area is 72.9 Å². The first kappa shape index (κ1) is 7.87. The number of aromatic nitrogens is 1. The first-order valence-corrected chi connectivity index (χ1v) is 4.54. The zero-order valence-corrected chi connectivity index (χ0v) is 7.47. The molecule has 66 valence electrons. The van der Waals surface area contributed by atoms with E-state index in [0.29, 0.717) is 0 Å². The van der Waals surface area contributed by atoms with Gasteiger partial charge in [-0.1, -0.05) is 0 Å². The van der Waals surface area contributed by atoms with E-state index in [1.54, 1.807) is 7.11 Å². The first-order valence-electron chi connectivity index (χ1n) is 4.54. The number of nitrogens with one attached hydrogen (secondary N) is 1. The van der Waals surface area contributed by atoms with Crippen LogP contribution in [0.4, 0.5) is 0 Å². The lowest BCUT2D eigenvalue weighted by atomic mass is 9.89. The van der Waals surface area contributed by atoms with Gasteiger partial charge in [0.2, 0.25) is 0 Å². The molecule has 1 heterocycles. The molecule has 1 aromatic heterocycles. The fourth-order valence-corrected chi connectivity index (χ4v) is 1.99. The quantitative estimate of drug-likeness (QED) is 0.709. The van der Waals surface area contributed by atoms with Gasteiger partial charge in [-0.3, -0.25) is 0 Å². The van der Waals surface area contributed by atoms with Crippen LogP contribution in [0.25, 0.3) is 0 Å². The highest BCUT2D eigenvalue weighted by Crippen LogP contribution is 2.24. The predicted octanol–water partition coefficient (Wildman–Crippen LogP) is 1.77. The number of hydrogen-bond donors (Lipinski definition) is 1. The van der Waals surface area contributed by atoms with Crippen LogP contribution in [0.2, 0.25) is 0 Å². The van der Waals surface area contributed by atoms with Crippen molar-refractivity contribution in [1.82, 2.24) is 4.98 Å². The maximum Gasteiger partial charge on any atom is 0.0494 e. The Bertz CT molecular complexity index is 254. The summed E-state index contributed by atoms with van der Waals surface area (Å²) < 4.78 is 5.16. The Kier molecular flexibility index (Phi) is 2.17. The van der Waals surface area contributed by atoms with Crippen molar-refractivity contribution in [2.75, 3.05) is 13.7 Å². The zero-order valence-electron chi connectivity index (χ0n) is 7.47. The van der Waals surface area contributed by atoms with Gasteiger partial charge in [0, 0.05) is 25.6 Å². The topological polar surface area (TPSA) is 25.0 Å². The second-order valence-corrected chi connectivity index (χ2v) is 3.55. The summed E-state index contributed by atoms with van der Waals surface area (Å²) >= 11 is 0. The van der Waals surface area contributed by atoms with Crippen molar-refractivity contribution < 1.29 is 4.74 Å². The van der Waals surface area contributed by atoms with Crippen molar-refractivity contribution in [2.24, 2.45) is 5.92 Å². The molecular formula is C10H15NO. The number of H-pyrrole nitrogens is 1. The van der Waals surface area contributed by atoms with Gasteiger partial charge in [0.1, 0.15) is 0 Å². The van der Waals surface area contributed by atoms with Crippen molar-refractivity contribution in [3.8, 4) is 0 Å². The second kappa shape index (κ2) is 3.31. The minimum absolute atomic E-state index is 0.723. The van der Waals surface area contributed by atoms with Crippen LogP contribution in [0.1, 0.15) is 17.7 Å². The molecule has 1 atom stereocenters. The van der Waals surface area contributed by atoms with Crippen molar-refractivity contribution in [2.45, 2.75) is 19.3 Å². The number of hydrogen-bond acceptors (Lipinski definition) is 1. The molecule has 12 heavy (non-hydrogen) atoms. The molecule has 1 unspecified atom stereocenters. The first-order chi connectivity index (χ1) is 5.90. The molecule has 0 saturated heterocycles. The van der Waals surface area contributed by atoms with Gasteiger partial charge < -0.3 is 9.72 Å². The molecule has 0 radical (unpaired) electrons. The summed E-state index contributed by atoms with van der Waals surface area (Å²) in [6, 6.07) is 2.19. The van der Waals surface area contributed by atoms with Crippen LogP contribution >= 0.6 is 0 Å². The van der Waals surface area contributed by atoms with Crippen LogP contribution in [0.15, 0.2) is 12.3 Å². The summed E-state index contributed by atoms with van der Waals surface area (Å²) in [5, 5.41) is 0. The predicted molar refractivity (Wildman–Crippen MR) is 48.2 cm³/mol. The molecule has 2 rings (SSSR count). The molecule has 2 nitrogen and oxygen atoms in total. The highest BCUT2D eigenvalue weighted by atomic mass is 16.5. The van der Waals surface area contributed by atoms with Crippen molar-refractivity contribution >= 4 is 0 Å². The van der Waals surface area contributed by atoms with Gasteiger partial charge in [0.15, 0.2) is 0 Å². The Balaban J connectivity index is 2.05. The lowest BCUT2D eigenvalue weighted by Crippen LogP contribution is -2.17. The van der Waals surface area contributed by atoms with E-state index in [4.69, 9.17) is 4.74 Å². The van der Waals surface area contributed by atoms with Gasteiger partial charge in [-0.25, -0.2) is 0 Å². The van der Waals surface area contributed by atoms with E-state index in [1.165, 1.54) is 24.1 Å². The Hall–Kier alpha value is -0.760. The number of methoxy groups -OCH3 is 1. The third-order valence-corrected chi connectivity index (χ3v) is 2.65. The zero-order chi connectivity index (χ0) is 8.39. The molecule has 1 aromatic rings. The summed E-state index contributed by atoms with van der Waals surface area (Å²) in [5.41, 5.74) is 2.92. The monoisotopic (exact) mass is 165 g/mol. The average molecular weight is 165 g/mol. The Morgan fingerprint density at radius 1 is 1.67 bits per heavy atom. The Morgan fingerprint density at radius 2 is 2.58 bits per heavy atom. The van der Waals surface area contributed by atoms with E-state index >= 15 is 0 Å².